The molecule has 0 atom stereocenters. The summed E-state index contributed by atoms with van der Waals surface area (Å²) in [6.45, 7) is 4.45. The van der Waals surface area contributed by atoms with E-state index in [1.807, 2.05) is 12.1 Å². The number of carbonyl (C=O) groups excluding carboxylic acids is 1. The van der Waals surface area contributed by atoms with Crippen LogP contribution in [0, 0.1) is 5.92 Å². The van der Waals surface area contributed by atoms with Crippen LogP contribution in [-0.4, -0.2) is 30.0 Å². The van der Waals surface area contributed by atoms with Crippen LogP contribution in [0.15, 0.2) is 18.3 Å². The number of hydrogen-bond donors (Lipinski definition) is 1. The highest BCUT2D eigenvalue weighted by Crippen LogP contribution is 2.22. The minimum Gasteiger partial charge on any atom is -0.357 e. The van der Waals surface area contributed by atoms with Crippen molar-refractivity contribution in [2.45, 2.75) is 45.1 Å². The summed E-state index contributed by atoms with van der Waals surface area (Å²) in [6, 6.07) is 4.26. The molecule has 1 aromatic rings. The maximum Gasteiger partial charge on any atom is 0.253 e. The quantitative estimate of drug-likeness (QED) is 0.920. The number of nitrogens with one attached hydrogen (secondary N) is 1. The van der Waals surface area contributed by atoms with E-state index in [0.717, 1.165) is 37.7 Å². The molecule has 0 bridgehead atoms. The Hall–Kier alpha value is -1.58. The van der Waals surface area contributed by atoms with E-state index >= 15 is 0 Å². The lowest BCUT2D eigenvalue weighted by Gasteiger charge is -2.31. The van der Waals surface area contributed by atoms with E-state index in [9.17, 15) is 4.79 Å². The minimum atomic E-state index is 0.0148. The number of nitrogens with zero attached hydrogens (tertiary/aromatic N) is 2. The van der Waals surface area contributed by atoms with Crippen LogP contribution in [-0.2, 0) is 0 Å². The number of pyridine rings is 1. The molecule has 0 radical (unpaired) electrons. The molecule has 1 aliphatic heterocycles. The second kappa shape index (κ2) is 5.81. The van der Waals surface area contributed by atoms with Gasteiger partial charge >= 0.3 is 0 Å². The Morgan fingerprint density at radius 3 is 2.55 bits per heavy atom. The average molecular weight is 273 g/mol. The zero-order valence-electron chi connectivity index (χ0n) is 12.1. The summed E-state index contributed by atoms with van der Waals surface area (Å²) in [4.78, 5) is 18.8. The van der Waals surface area contributed by atoms with Gasteiger partial charge in [-0.15, -0.1) is 0 Å². The van der Waals surface area contributed by atoms with E-state index in [2.05, 4.69) is 22.1 Å². The van der Waals surface area contributed by atoms with E-state index in [1.165, 1.54) is 19.3 Å². The third kappa shape index (κ3) is 2.94. The van der Waals surface area contributed by atoms with Crippen molar-refractivity contribution in [1.82, 2.24) is 10.3 Å². The van der Waals surface area contributed by atoms with Crippen LogP contribution in [0.5, 0.6) is 0 Å². The first-order valence-corrected chi connectivity index (χ1v) is 7.74. The Balaban J connectivity index is 1.60. The molecule has 2 heterocycles. The van der Waals surface area contributed by atoms with Gasteiger partial charge in [-0.25, -0.2) is 4.98 Å². The molecular weight excluding hydrogens is 250 g/mol. The van der Waals surface area contributed by atoms with Crippen LogP contribution in [0.2, 0.25) is 0 Å². The zero-order valence-corrected chi connectivity index (χ0v) is 12.1. The Morgan fingerprint density at radius 2 is 2.00 bits per heavy atom. The van der Waals surface area contributed by atoms with E-state index in [4.69, 9.17) is 0 Å². The van der Waals surface area contributed by atoms with Crippen molar-refractivity contribution in [1.29, 1.82) is 0 Å². The van der Waals surface area contributed by atoms with E-state index in [1.54, 1.807) is 6.20 Å². The zero-order chi connectivity index (χ0) is 13.9. The van der Waals surface area contributed by atoms with Gasteiger partial charge in [0.1, 0.15) is 5.82 Å². The summed E-state index contributed by atoms with van der Waals surface area (Å²) in [5.41, 5.74) is 0.672. The molecule has 1 N–H and O–H groups in total. The Bertz CT molecular complexity index is 459. The van der Waals surface area contributed by atoms with Crippen molar-refractivity contribution in [2.24, 2.45) is 5.92 Å². The Morgan fingerprint density at radius 1 is 1.25 bits per heavy atom. The number of rotatable bonds is 3. The number of piperidine rings is 1. The van der Waals surface area contributed by atoms with Crippen LogP contribution in [0.4, 0.5) is 5.82 Å². The number of carbonyl (C=O) groups is 1. The van der Waals surface area contributed by atoms with Gasteiger partial charge in [0.05, 0.1) is 5.56 Å². The number of anilines is 1. The lowest BCUT2D eigenvalue weighted by Crippen LogP contribution is -2.39. The molecule has 1 saturated carbocycles. The fourth-order valence-corrected chi connectivity index (χ4v) is 2.77. The molecule has 4 heteroatoms. The summed E-state index contributed by atoms with van der Waals surface area (Å²) >= 11 is 0. The third-order valence-electron chi connectivity index (χ3n) is 4.56. The second-order valence-corrected chi connectivity index (χ2v) is 6.18. The topological polar surface area (TPSA) is 45.2 Å². The summed E-state index contributed by atoms with van der Waals surface area (Å²) in [6.07, 6.45) is 7.63. The normalized spacial score (nSPS) is 20.6. The van der Waals surface area contributed by atoms with Gasteiger partial charge in [-0.1, -0.05) is 6.92 Å². The Labute approximate surface area is 120 Å². The molecule has 4 nitrogen and oxygen atoms in total. The standard InChI is InChI=1S/C16H23N3O/c1-12-7-9-19(10-8-12)15-6-5-13(11-17-15)16(20)18-14-3-2-4-14/h5-6,11-12,14H,2-4,7-10H2,1H3,(H,18,20). The largest absolute Gasteiger partial charge is 0.357 e. The number of amides is 1. The van der Waals surface area contributed by atoms with Crippen LogP contribution in [0.1, 0.15) is 49.4 Å². The predicted octanol–water partition coefficient (Wildman–Crippen LogP) is 2.60. The molecule has 2 aliphatic rings. The van der Waals surface area contributed by atoms with Crippen molar-refractivity contribution < 1.29 is 4.79 Å². The fourth-order valence-electron chi connectivity index (χ4n) is 2.77. The van der Waals surface area contributed by atoms with Gasteiger partial charge in [-0.3, -0.25) is 4.79 Å². The van der Waals surface area contributed by atoms with Gasteiger partial charge in [0, 0.05) is 25.3 Å². The summed E-state index contributed by atoms with van der Waals surface area (Å²) in [5.74, 6) is 1.83. The van der Waals surface area contributed by atoms with Crippen molar-refractivity contribution in [3.8, 4) is 0 Å². The fraction of sp³-hybridized carbons (Fsp3) is 0.625. The smallest absolute Gasteiger partial charge is 0.253 e. The molecule has 0 unspecified atom stereocenters. The summed E-state index contributed by atoms with van der Waals surface area (Å²) < 4.78 is 0. The molecule has 1 saturated heterocycles. The summed E-state index contributed by atoms with van der Waals surface area (Å²) in [5, 5.41) is 3.04. The van der Waals surface area contributed by atoms with Crippen molar-refractivity contribution >= 4 is 11.7 Å². The van der Waals surface area contributed by atoms with Crippen LogP contribution < -0.4 is 10.2 Å². The maximum absolute atomic E-state index is 12.0. The molecule has 0 aromatic carbocycles. The molecule has 0 spiro atoms. The predicted molar refractivity (Wildman–Crippen MR) is 80.0 cm³/mol. The maximum atomic E-state index is 12.0. The van der Waals surface area contributed by atoms with Crippen molar-refractivity contribution in [3.05, 3.63) is 23.9 Å². The highest BCUT2D eigenvalue weighted by Gasteiger charge is 2.21. The van der Waals surface area contributed by atoms with Crippen molar-refractivity contribution in [2.75, 3.05) is 18.0 Å². The Kier molecular flexibility index (Phi) is 3.90. The molecule has 108 valence electrons. The summed E-state index contributed by atoms with van der Waals surface area (Å²) in [7, 11) is 0. The molecule has 1 aromatic heterocycles. The number of aromatic nitrogens is 1. The minimum absolute atomic E-state index is 0.0148. The molecule has 20 heavy (non-hydrogen) atoms. The van der Waals surface area contributed by atoms with E-state index in [-0.39, 0.29) is 5.91 Å². The monoisotopic (exact) mass is 273 g/mol. The first-order chi connectivity index (χ1) is 9.72. The van der Waals surface area contributed by atoms with Gasteiger partial charge in [0.15, 0.2) is 0 Å². The third-order valence-corrected chi connectivity index (χ3v) is 4.56. The SMILES string of the molecule is CC1CCN(c2ccc(C(=O)NC3CCC3)cn2)CC1. The lowest BCUT2D eigenvalue weighted by molar-refractivity contribution is 0.0916. The molecule has 3 rings (SSSR count). The van der Waals surface area contributed by atoms with Gasteiger partial charge in [0.2, 0.25) is 0 Å². The molecule has 1 aliphatic carbocycles. The molecule has 1 amide bonds. The van der Waals surface area contributed by atoms with Gasteiger partial charge in [0.25, 0.3) is 5.91 Å². The average Bonchev–Trinajstić information content (AvgIpc) is 2.44. The van der Waals surface area contributed by atoms with Crippen LogP contribution >= 0.6 is 0 Å². The van der Waals surface area contributed by atoms with Crippen LogP contribution in [0.25, 0.3) is 0 Å². The van der Waals surface area contributed by atoms with Crippen molar-refractivity contribution in [3.63, 3.8) is 0 Å². The van der Waals surface area contributed by atoms with E-state index < -0.39 is 0 Å². The first-order valence-electron chi connectivity index (χ1n) is 7.74. The first kappa shape index (κ1) is 13.4. The number of hydrogen-bond acceptors (Lipinski definition) is 3. The molecular formula is C16H23N3O. The lowest BCUT2D eigenvalue weighted by atomic mass is 9.93. The highest BCUT2D eigenvalue weighted by molar-refractivity contribution is 5.94. The second-order valence-electron chi connectivity index (χ2n) is 6.18. The van der Waals surface area contributed by atoms with Gasteiger partial charge in [-0.05, 0) is 50.2 Å². The highest BCUT2D eigenvalue weighted by atomic mass is 16.1. The van der Waals surface area contributed by atoms with E-state index in [0.29, 0.717) is 11.6 Å². The van der Waals surface area contributed by atoms with Crippen LogP contribution in [0.3, 0.4) is 0 Å². The van der Waals surface area contributed by atoms with Gasteiger partial charge in [-0.2, -0.15) is 0 Å². The van der Waals surface area contributed by atoms with Gasteiger partial charge < -0.3 is 10.2 Å². The molecule has 2 fully saturated rings.